The number of benzene rings is 2. The molecule has 35 heavy (non-hydrogen) atoms. The molecule has 1 aliphatic heterocycles. The summed E-state index contributed by atoms with van der Waals surface area (Å²) in [4.78, 5) is 0. The lowest BCUT2D eigenvalue weighted by Gasteiger charge is -2.25. The third-order valence-corrected chi connectivity index (χ3v) is 7.29. The molecule has 188 valence electrons. The van der Waals surface area contributed by atoms with Gasteiger partial charge in [-0.2, -0.15) is 0 Å². The van der Waals surface area contributed by atoms with Gasteiger partial charge in [0, 0.05) is 34.1 Å². The monoisotopic (exact) mass is 519 g/mol. The summed E-state index contributed by atoms with van der Waals surface area (Å²) in [6.45, 7) is 4.11. The maximum atomic E-state index is 11.8. The van der Waals surface area contributed by atoms with Crippen LogP contribution in [0.2, 0.25) is 5.02 Å². The molecule has 2 atom stereocenters. The smallest absolute Gasteiger partial charge is 0.166 e. The van der Waals surface area contributed by atoms with Crippen molar-refractivity contribution >= 4 is 21.4 Å². The van der Waals surface area contributed by atoms with E-state index in [-0.39, 0.29) is 11.7 Å². The van der Waals surface area contributed by atoms with Crippen LogP contribution in [-0.2, 0) is 14.6 Å². The molecule has 4 rings (SSSR count). The normalized spacial score (nSPS) is 17.6. The maximum absolute atomic E-state index is 11.8. The third-order valence-electron chi connectivity index (χ3n) is 6.03. The van der Waals surface area contributed by atoms with Crippen molar-refractivity contribution in [2.75, 3.05) is 26.2 Å². The van der Waals surface area contributed by atoms with Gasteiger partial charge in [-0.25, -0.2) is 8.42 Å². The molecule has 8 nitrogen and oxygen atoms in total. The number of hydrogen-bond acceptors (Lipinski definition) is 7. The standard InChI is InChI=1S/C25H30ClN3O5S/c1-15(2)24-27-28-25-21(10-7-13-35(5,30)31)34-22(17-8-6-9-20(32-3)23(17)33-4)18-14-16(26)11-12-19(18)29(24)25/h6,8-9,11-12,14-15,21-22H,7,10,13H2,1-5H3/t21-,22-/m1/s1. The van der Waals surface area contributed by atoms with Gasteiger partial charge >= 0.3 is 0 Å². The van der Waals surface area contributed by atoms with Gasteiger partial charge in [-0.3, -0.25) is 4.57 Å². The van der Waals surface area contributed by atoms with Crippen LogP contribution in [0.5, 0.6) is 11.5 Å². The van der Waals surface area contributed by atoms with E-state index >= 15 is 0 Å². The number of sulfone groups is 1. The van der Waals surface area contributed by atoms with Crippen molar-refractivity contribution < 1.29 is 22.6 Å². The second-order valence-corrected chi connectivity index (χ2v) is 11.7. The Kier molecular flexibility index (Phi) is 7.40. The quantitative estimate of drug-likeness (QED) is 0.411. The Balaban J connectivity index is 1.93. The zero-order valence-electron chi connectivity index (χ0n) is 20.5. The number of hydrogen-bond donors (Lipinski definition) is 0. The van der Waals surface area contributed by atoms with Crippen LogP contribution in [0.3, 0.4) is 0 Å². The first-order valence-corrected chi connectivity index (χ1v) is 13.9. The van der Waals surface area contributed by atoms with E-state index in [2.05, 4.69) is 24.0 Å². The number of para-hydroxylation sites is 1. The van der Waals surface area contributed by atoms with Crippen molar-refractivity contribution in [3.8, 4) is 17.2 Å². The van der Waals surface area contributed by atoms with Crippen LogP contribution in [0, 0.1) is 0 Å². The van der Waals surface area contributed by atoms with Crippen LogP contribution in [0.1, 0.15) is 67.6 Å². The molecule has 1 aromatic heterocycles. The maximum Gasteiger partial charge on any atom is 0.166 e. The van der Waals surface area contributed by atoms with Crippen molar-refractivity contribution in [2.24, 2.45) is 0 Å². The molecule has 0 N–H and O–H groups in total. The predicted octanol–water partition coefficient (Wildman–Crippen LogP) is 5.05. The second-order valence-electron chi connectivity index (χ2n) is 8.97. The van der Waals surface area contributed by atoms with Crippen molar-refractivity contribution in [1.82, 2.24) is 14.8 Å². The summed E-state index contributed by atoms with van der Waals surface area (Å²) >= 11 is 6.47. The lowest BCUT2D eigenvalue weighted by Crippen LogP contribution is -2.14. The molecule has 1 aliphatic rings. The SMILES string of the molecule is COc1cccc([C@H]2O[C@H](CCCS(C)(=O)=O)c3nnc(C(C)C)n3-c3ccc(Cl)cc32)c1OC. The molecule has 0 saturated carbocycles. The van der Waals surface area contributed by atoms with Crippen LogP contribution in [0.15, 0.2) is 36.4 Å². The van der Waals surface area contributed by atoms with E-state index in [1.807, 2.05) is 41.0 Å². The molecule has 0 radical (unpaired) electrons. The fourth-order valence-corrected chi connectivity index (χ4v) is 5.33. The van der Waals surface area contributed by atoms with E-state index in [1.165, 1.54) is 6.26 Å². The number of halogens is 1. The van der Waals surface area contributed by atoms with E-state index in [4.69, 9.17) is 25.8 Å². The number of aromatic nitrogens is 3. The Bertz CT molecular complexity index is 1320. The highest BCUT2D eigenvalue weighted by molar-refractivity contribution is 7.90. The highest BCUT2D eigenvalue weighted by Crippen LogP contribution is 2.46. The van der Waals surface area contributed by atoms with E-state index in [9.17, 15) is 8.42 Å². The molecular formula is C25H30ClN3O5S. The van der Waals surface area contributed by atoms with Crippen LogP contribution in [-0.4, -0.2) is 49.4 Å². The fraction of sp³-hybridized carbons (Fsp3) is 0.440. The van der Waals surface area contributed by atoms with Gasteiger partial charge in [0.1, 0.15) is 27.9 Å². The van der Waals surface area contributed by atoms with E-state index in [0.717, 1.165) is 22.6 Å². The molecule has 0 bridgehead atoms. The molecule has 0 fully saturated rings. The number of methoxy groups -OCH3 is 2. The summed E-state index contributed by atoms with van der Waals surface area (Å²) in [6.07, 6.45) is 1.03. The van der Waals surface area contributed by atoms with Gasteiger partial charge in [-0.1, -0.05) is 37.6 Å². The van der Waals surface area contributed by atoms with Gasteiger partial charge in [-0.15, -0.1) is 10.2 Å². The molecule has 2 heterocycles. The van der Waals surface area contributed by atoms with E-state index in [0.29, 0.717) is 35.2 Å². The molecule has 0 saturated heterocycles. The van der Waals surface area contributed by atoms with Crippen molar-refractivity contribution in [1.29, 1.82) is 0 Å². The average Bonchev–Trinajstić information content (AvgIpc) is 3.20. The summed E-state index contributed by atoms with van der Waals surface area (Å²) in [5.74, 6) is 2.72. The minimum Gasteiger partial charge on any atom is -0.493 e. The van der Waals surface area contributed by atoms with Gasteiger partial charge in [0.05, 0.1) is 19.9 Å². The van der Waals surface area contributed by atoms with E-state index in [1.54, 1.807) is 14.2 Å². The van der Waals surface area contributed by atoms with Crippen LogP contribution >= 0.6 is 11.6 Å². The fourth-order valence-electron chi connectivity index (χ4n) is 4.46. The van der Waals surface area contributed by atoms with Crippen molar-refractivity contribution in [3.63, 3.8) is 0 Å². The highest BCUT2D eigenvalue weighted by atomic mass is 35.5. The molecule has 3 aromatic rings. The Labute approximate surface area is 211 Å². The number of nitrogens with zero attached hydrogens (tertiary/aromatic N) is 3. The first-order valence-electron chi connectivity index (χ1n) is 11.4. The zero-order chi connectivity index (χ0) is 25.3. The van der Waals surface area contributed by atoms with Crippen molar-refractivity contribution in [2.45, 2.75) is 44.8 Å². The molecule has 0 unspecified atom stereocenters. The highest BCUT2D eigenvalue weighted by Gasteiger charge is 2.36. The van der Waals surface area contributed by atoms with Gasteiger partial charge in [0.15, 0.2) is 17.3 Å². The summed E-state index contributed by atoms with van der Waals surface area (Å²) in [7, 11) is 0.0609. The van der Waals surface area contributed by atoms with Gasteiger partial charge in [0.25, 0.3) is 0 Å². The molecule has 0 amide bonds. The number of fused-ring (bicyclic) bond motifs is 3. The Hall–Kier alpha value is -2.62. The lowest BCUT2D eigenvalue weighted by molar-refractivity contribution is -0.00184. The summed E-state index contributed by atoms with van der Waals surface area (Å²) < 4.78 is 43.7. The van der Waals surface area contributed by atoms with Crippen LogP contribution < -0.4 is 9.47 Å². The number of ether oxygens (including phenoxy) is 3. The Morgan fingerprint density at radius 2 is 1.89 bits per heavy atom. The second kappa shape index (κ2) is 10.2. The molecular weight excluding hydrogens is 490 g/mol. The minimum atomic E-state index is -3.12. The van der Waals surface area contributed by atoms with Gasteiger partial charge < -0.3 is 14.2 Å². The van der Waals surface area contributed by atoms with E-state index < -0.39 is 22.0 Å². The molecule has 2 aromatic carbocycles. The average molecular weight is 520 g/mol. The third kappa shape index (κ3) is 5.17. The predicted molar refractivity (Wildman–Crippen MR) is 135 cm³/mol. The van der Waals surface area contributed by atoms with Gasteiger partial charge in [-0.05, 0) is 37.1 Å². The summed E-state index contributed by atoms with van der Waals surface area (Å²) in [5, 5.41) is 9.54. The van der Waals surface area contributed by atoms with Crippen LogP contribution in [0.25, 0.3) is 5.69 Å². The van der Waals surface area contributed by atoms with Gasteiger partial charge in [0.2, 0.25) is 0 Å². The lowest BCUT2D eigenvalue weighted by atomic mass is 9.98. The minimum absolute atomic E-state index is 0.0595. The largest absolute Gasteiger partial charge is 0.493 e. The Morgan fingerprint density at radius 1 is 1.11 bits per heavy atom. The number of rotatable bonds is 8. The zero-order valence-corrected chi connectivity index (χ0v) is 22.1. The van der Waals surface area contributed by atoms with Crippen LogP contribution in [0.4, 0.5) is 0 Å². The summed E-state index contributed by atoms with van der Waals surface area (Å²) in [5.41, 5.74) is 2.46. The Morgan fingerprint density at radius 3 is 2.54 bits per heavy atom. The first kappa shape index (κ1) is 25.5. The molecule has 0 aliphatic carbocycles. The van der Waals surface area contributed by atoms with Crippen molar-refractivity contribution in [3.05, 3.63) is 64.2 Å². The summed E-state index contributed by atoms with van der Waals surface area (Å²) in [6, 6.07) is 11.3. The molecule has 0 spiro atoms. The first-order chi connectivity index (χ1) is 16.6. The topological polar surface area (TPSA) is 92.5 Å². The molecule has 10 heteroatoms.